The highest BCUT2D eigenvalue weighted by atomic mass is 19.3. The summed E-state index contributed by atoms with van der Waals surface area (Å²) in [5.41, 5.74) is -4.49. The van der Waals surface area contributed by atoms with Crippen LogP contribution in [0.4, 0.5) is 39.5 Å². The molecule has 1 atom stereocenters. The fourth-order valence-corrected chi connectivity index (χ4v) is 1.30. The predicted octanol–water partition coefficient (Wildman–Crippen LogP) is 4.69. The van der Waals surface area contributed by atoms with Crippen molar-refractivity contribution in [3.8, 4) is 0 Å². The Morgan fingerprint density at radius 1 is 0.611 bits per heavy atom. The van der Waals surface area contributed by atoms with Gasteiger partial charge in [-0.1, -0.05) is 0 Å². The molecule has 9 heteroatoms. The maximum Gasteiger partial charge on any atom is 0.374 e. The third-order valence-electron chi connectivity index (χ3n) is 2.24. The first-order valence-corrected chi connectivity index (χ1v) is 4.66. The zero-order chi connectivity index (χ0) is 15.2. The highest BCUT2D eigenvalue weighted by Crippen LogP contribution is 2.53. The van der Waals surface area contributed by atoms with Gasteiger partial charge in [0.15, 0.2) is 5.67 Å². The van der Waals surface area contributed by atoms with E-state index in [1.54, 1.807) is 0 Å². The third-order valence-corrected chi connectivity index (χ3v) is 2.24. The lowest BCUT2D eigenvalue weighted by molar-refractivity contribution is -0.341. The summed E-state index contributed by atoms with van der Waals surface area (Å²) in [6, 6.07) is 0. The van der Waals surface area contributed by atoms with E-state index < -0.39 is 42.7 Å². The van der Waals surface area contributed by atoms with E-state index in [0.717, 1.165) is 0 Å². The Kier molecular flexibility index (Phi) is 4.05. The Labute approximate surface area is 97.1 Å². The SMILES string of the molecule is CC(F)(F)CC(C)(F)C(F)(F)C(F)(F)C(C)(F)F. The molecule has 0 radical (unpaired) electrons. The van der Waals surface area contributed by atoms with Gasteiger partial charge in [0.25, 0.3) is 0 Å². The summed E-state index contributed by atoms with van der Waals surface area (Å²) in [5, 5.41) is 0. The molecule has 0 aliphatic rings. The summed E-state index contributed by atoms with van der Waals surface area (Å²) in [4.78, 5) is 0. The van der Waals surface area contributed by atoms with Crippen molar-refractivity contribution in [2.75, 3.05) is 0 Å². The minimum Gasteiger partial charge on any atom is -0.237 e. The van der Waals surface area contributed by atoms with Crippen molar-refractivity contribution in [1.29, 1.82) is 0 Å². The monoisotopic (exact) mass is 290 g/mol. The first-order chi connectivity index (χ1) is 7.46. The number of hydrogen-bond acceptors (Lipinski definition) is 0. The zero-order valence-corrected chi connectivity index (χ0v) is 9.61. The maximum absolute atomic E-state index is 13.3. The Bertz CT molecular complexity index is 294. The van der Waals surface area contributed by atoms with Gasteiger partial charge in [0, 0.05) is 6.92 Å². The van der Waals surface area contributed by atoms with Crippen LogP contribution in [0.3, 0.4) is 0 Å². The van der Waals surface area contributed by atoms with Crippen molar-refractivity contribution >= 4 is 0 Å². The summed E-state index contributed by atoms with van der Waals surface area (Å²) in [7, 11) is 0. The largest absolute Gasteiger partial charge is 0.374 e. The van der Waals surface area contributed by atoms with Gasteiger partial charge in [0.1, 0.15) is 0 Å². The van der Waals surface area contributed by atoms with Gasteiger partial charge in [-0.15, -0.1) is 0 Å². The van der Waals surface area contributed by atoms with Crippen LogP contribution in [0.1, 0.15) is 27.2 Å². The number of rotatable bonds is 5. The minimum atomic E-state index is -6.09. The first kappa shape index (κ1) is 17.4. The van der Waals surface area contributed by atoms with E-state index in [-0.39, 0.29) is 13.8 Å². The van der Waals surface area contributed by atoms with Gasteiger partial charge < -0.3 is 0 Å². The molecular weight excluding hydrogens is 279 g/mol. The molecule has 0 spiro atoms. The van der Waals surface area contributed by atoms with Crippen LogP contribution in [0, 0.1) is 0 Å². The molecule has 0 aromatic heterocycles. The highest BCUT2D eigenvalue weighted by molar-refractivity contribution is 5.05. The van der Waals surface area contributed by atoms with E-state index in [1.807, 2.05) is 0 Å². The summed E-state index contributed by atoms with van der Waals surface area (Å²) in [5.74, 6) is -21.3. The molecular formula is C9H11F9. The van der Waals surface area contributed by atoms with Crippen molar-refractivity contribution in [3.05, 3.63) is 0 Å². The topological polar surface area (TPSA) is 0 Å². The molecule has 1 unspecified atom stereocenters. The molecule has 0 aromatic carbocycles. The molecule has 0 aliphatic heterocycles. The molecule has 0 fully saturated rings. The van der Waals surface area contributed by atoms with Crippen LogP contribution in [0.5, 0.6) is 0 Å². The lowest BCUT2D eigenvalue weighted by Crippen LogP contribution is -2.62. The van der Waals surface area contributed by atoms with Crippen LogP contribution in [-0.2, 0) is 0 Å². The molecule has 0 saturated carbocycles. The van der Waals surface area contributed by atoms with Gasteiger partial charge in [0.2, 0.25) is 5.92 Å². The summed E-state index contributed by atoms with van der Waals surface area (Å²) >= 11 is 0. The van der Waals surface area contributed by atoms with Crippen LogP contribution >= 0.6 is 0 Å². The van der Waals surface area contributed by atoms with Crippen molar-refractivity contribution in [1.82, 2.24) is 0 Å². The van der Waals surface area contributed by atoms with E-state index in [0.29, 0.717) is 0 Å². The average molecular weight is 290 g/mol. The van der Waals surface area contributed by atoms with E-state index in [2.05, 4.69) is 0 Å². The van der Waals surface area contributed by atoms with Gasteiger partial charge >= 0.3 is 17.8 Å². The van der Waals surface area contributed by atoms with Crippen LogP contribution < -0.4 is 0 Å². The first-order valence-electron chi connectivity index (χ1n) is 4.66. The number of hydrogen-bond donors (Lipinski definition) is 0. The van der Waals surface area contributed by atoms with Crippen molar-refractivity contribution < 1.29 is 39.5 Å². The second-order valence-corrected chi connectivity index (χ2v) is 4.48. The Balaban J connectivity index is 5.50. The van der Waals surface area contributed by atoms with Crippen molar-refractivity contribution in [2.24, 2.45) is 0 Å². The molecule has 0 heterocycles. The fourth-order valence-electron chi connectivity index (χ4n) is 1.30. The molecule has 0 aliphatic carbocycles. The van der Waals surface area contributed by atoms with Gasteiger partial charge in [-0.3, -0.25) is 0 Å². The van der Waals surface area contributed by atoms with E-state index in [9.17, 15) is 39.5 Å². The summed E-state index contributed by atoms with van der Waals surface area (Å²) < 4.78 is 115. The highest BCUT2D eigenvalue weighted by Gasteiger charge is 2.76. The lowest BCUT2D eigenvalue weighted by Gasteiger charge is -2.38. The van der Waals surface area contributed by atoms with Crippen LogP contribution in [0.25, 0.3) is 0 Å². The Morgan fingerprint density at radius 3 is 1.17 bits per heavy atom. The predicted molar refractivity (Wildman–Crippen MR) is 45.3 cm³/mol. The number of halogens is 9. The summed E-state index contributed by atoms with van der Waals surface area (Å²) in [6.07, 6.45) is -2.31. The molecule has 0 N–H and O–H groups in total. The Morgan fingerprint density at radius 2 is 0.944 bits per heavy atom. The van der Waals surface area contributed by atoms with Gasteiger partial charge in [-0.25, -0.2) is 13.2 Å². The van der Waals surface area contributed by atoms with Crippen LogP contribution in [-0.4, -0.2) is 29.4 Å². The molecule has 18 heavy (non-hydrogen) atoms. The second-order valence-electron chi connectivity index (χ2n) is 4.48. The van der Waals surface area contributed by atoms with Crippen molar-refractivity contribution in [3.63, 3.8) is 0 Å². The molecule has 0 saturated heterocycles. The molecule has 0 rings (SSSR count). The Hall–Kier alpha value is -0.630. The smallest absolute Gasteiger partial charge is 0.237 e. The standard InChI is InChI=1S/C9H11F9/c1-5(10,4-6(2,11)12)8(15,16)9(17,18)7(3,13)14/h4H2,1-3H3. The molecule has 0 amide bonds. The van der Waals surface area contributed by atoms with Crippen molar-refractivity contribution in [2.45, 2.75) is 56.6 Å². The van der Waals surface area contributed by atoms with E-state index >= 15 is 0 Å². The normalized spacial score (nSPS) is 18.7. The molecule has 0 aromatic rings. The fraction of sp³-hybridized carbons (Fsp3) is 1.00. The van der Waals surface area contributed by atoms with Gasteiger partial charge in [0.05, 0.1) is 6.42 Å². The third kappa shape index (κ3) is 3.03. The average Bonchev–Trinajstić information content (AvgIpc) is 1.95. The van der Waals surface area contributed by atoms with Gasteiger partial charge in [-0.05, 0) is 13.8 Å². The van der Waals surface area contributed by atoms with Crippen LogP contribution in [0.2, 0.25) is 0 Å². The maximum atomic E-state index is 13.3. The van der Waals surface area contributed by atoms with E-state index in [4.69, 9.17) is 0 Å². The lowest BCUT2D eigenvalue weighted by atomic mass is 9.86. The molecule has 0 nitrogen and oxygen atoms in total. The second kappa shape index (κ2) is 4.19. The molecule has 110 valence electrons. The number of alkyl halides is 9. The summed E-state index contributed by atoms with van der Waals surface area (Å²) in [6.45, 7) is -0.783. The quantitative estimate of drug-likeness (QED) is 0.645. The zero-order valence-electron chi connectivity index (χ0n) is 9.61. The van der Waals surface area contributed by atoms with Gasteiger partial charge in [-0.2, -0.15) is 26.3 Å². The van der Waals surface area contributed by atoms with Crippen LogP contribution in [0.15, 0.2) is 0 Å². The minimum absolute atomic E-state index is 0.0170. The molecule has 0 bridgehead atoms. The van der Waals surface area contributed by atoms with E-state index in [1.165, 1.54) is 0 Å².